The second-order valence-corrected chi connectivity index (χ2v) is 4.86. The third kappa shape index (κ3) is 5.54. The van der Waals surface area contributed by atoms with Crippen LogP contribution >= 0.6 is 0 Å². The van der Waals surface area contributed by atoms with Crippen LogP contribution in [0.3, 0.4) is 0 Å². The van der Waals surface area contributed by atoms with Gasteiger partial charge < -0.3 is 10.1 Å². The highest BCUT2D eigenvalue weighted by Crippen LogP contribution is 2.20. The molecular formula is C16H27NO. The molecule has 0 unspecified atom stereocenters. The Morgan fingerprint density at radius 1 is 1.06 bits per heavy atom. The maximum atomic E-state index is 5.78. The van der Waals surface area contributed by atoms with Crippen LogP contribution in [0.25, 0.3) is 0 Å². The van der Waals surface area contributed by atoms with Crippen molar-refractivity contribution < 1.29 is 4.74 Å². The van der Waals surface area contributed by atoms with Crippen LogP contribution in [0.4, 0.5) is 0 Å². The van der Waals surface area contributed by atoms with Crippen molar-refractivity contribution >= 4 is 0 Å². The number of rotatable bonds is 9. The maximum absolute atomic E-state index is 5.78. The van der Waals surface area contributed by atoms with E-state index in [4.69, 9.17) is 4.74 Å². The molecular weight excluding hydrogens is 222 g/mol. The molecule has 18 heavy (non-hydrogen) atoms. The highest BCUT2D eigenvalue weighted by atomic mass is 16.5. The van der Waals surface area contributed by atoms with Crippen molar-refractivity contribution in [2.24, 2.45) is 0 Å². The first-order valence-corrected chi connectivity index (χ1v) is 7.15. The second kappa shape index (κ2) is 8.98. The van der Waals surface area contributed by atoms with Gasteiger partial charge in [-0.2, -0.15) is 0 Å². The highest BCUT2D eigenvalue weighted by molar-refractivity contribution is 5.38. The Hall–Kier alpha value is -1.02. The molecule has 1 aromatic rings. The van der Waals surface area contributed by atoms with Gasteiger partial charge in [-0.25, -0.2) is 0 Å². The Labute approximate surface area is 112 Å². The van der Waals surface area contributed by atoms with Crippen LogP contribution in [0, 0.1) is 13.8 Å². The van der Waals surface area contributed by atoms with Crippen LogP contribution in [-0.2, 0) is 0 Å². The average Bonchev–Trinajstić information content (AvgIpc) is 2.37. The molecule has 1 N–H and O–H groups in total. The third-order valence-electron chi connectivity index (χ3n) is 3.30. The zero-order valence-corrected chi connectivity index (χ0v) is 12.1. The van der Waals surface area contributed by atoms with Gasteiger partial charge in [-0.15, -0.1) is 0 Å². The molecule has 0 heterocycles. The summed E-state index contributed by atoms with van der Waals surface area (Å²) in [5.41, 5.74) is 2.54. The summed E-state index contributed by atoms with van der Waals surface area (Å²) in [5, 5.41) is 3.42. The zero-order chi connectivity index (χ0) is 13.2. The molecule has 0 bridgehead atoms. The average molecular weight is 249 g/mol. The van der Waals surface area contributed by atoms with E-state index in [1.807, 2.05) is 6.07 Å². The summed E-state index contributed by atoms with van der Waals surface area (Å²) in [6, 6.07) is 6.22. The van der Waals surface area contributed by atoms with Crippen LogP contribution in [0.15, 0.2) is 18.2 Å². The van der Waals surface area contributed by atoms with Gasteiger partial charge in [0.05, 0.1) is 0 Å². The van der Waals surface area contributed by atoms with E-state index in [1.54, 1.807) is 0 Å². The van der Waals surface area contributed by atoms with Crippen LogP contribution < -0.4 is 10.1 Å². The number of nitrogens with one attached hydrogen (secondary N) is 1. The van der Waals surface area contributed by atoms with Gasteiger partial charge in [0, 0.05) is 6.54 Å². The standard InChI is InChI=1S/C16H27NO/c1-4-5-6-7-11-17-12-13-18-16-10-8-9-14(2)15(16)3/h8-10,17H,4-7,11-13H2,1-3H3. The van der Waals surface area contributed by atoms with Crippen LogP contribution in [0.1, 0.15) is 43.7 Å². The van der Waals surface area contributed by atoms with Crippen molar-refractivity contribution in [2.45, 2.75) is 46.5 Å². The fraction of sp³-hybridized carbons (Fsp3) is 0.625. The topological polar surface area (TPSA) is 21.3 Å². The van der Waals surface area contributed by atoms with Gasteiger partial charge in [0.1, 0.15) is 12.4 Å². The molecule has 1 rings (SSSR count). The van der Waals surface area contributed by atoms with Crippen molar-refractivity contribution in [2.75, 3.05) is 19.7 Å². The van der Waals surface area contributed by atoms with E-state index in [-0.39, 0.29) is 0 Å². The molecule has 102 valence electrons. The number of aryl methyl sites for hydroxylation is 1. The lowest BCUT2D eigenvalue weighted by Gasteiger charge is -2.11. The monoisotopic (exact) mass is 249 g/mol. The molecule has 1 aromatic carbocycles. The number of unbranched alkanes of at least 4 members (excludes halogenated alkanes) is 3. The molecule has 0 saturated heterocycles. The van der Waals surface area contributed by atoms with Crippen LogP contribution in [-0.4, -0.2) is 19.7 Å². The normalized spacial score (nSPS) is 10.6. The summed E-state index contributed by atoms with van der Waals surface area (Å²) in [6.45, 7) is 9.26. The first-order valence-electron chi connectivity index (χ1n) is 7.15. The summed E-state index contributed by atoms with van der Waals surface area (Å²) in [6.07, 6.45) is 5.26. The zero-order valence-electron chi connectivity index (χ0n) is 12.1. The first kappa shape index (κ1) is 15.0. The lowest BCUT2D eigenvalue weighted by Crippen LogP contribution is -2.22. The summed E-state index contributed by atoms with van der Waals surface area (Å²) < 4.78 is 5.78. The number of ether oxygens (including phenoxy) is 1. The Balaban J connectivity index is 2.09. The van der Waals surface area contributed by atoms with E-state index >= 15 is 0 Å². The fourth-order valence-electron chi connectivity index (χ4n) is 1.92. The van der Waals surface area contributed by atoms with Crippen molar-refractivity contribution in [1.29, 1.82) is 0 Å². The minimum Gasteiger partial charge on any atom is -0.492 e. The van der Waals surface area contributed by atoms with Gasteiger partial charge >= 0.3 is 0 Å². The van der Waals surface area contributed by atoms with E-state index in [2.05, 4.69) is 38.2 Å². The molecule has 0 aromatic heterocycles. The molecule has 0 radical (unpaired) electrons. The third-order valence-corrected chi connectivity index (χ3v) is 3.30. The molecule has 0 aliphatic heterocycles. The first-order chi connectivity index (χ1) is 8.75. The largest absolute Gasteiger partial charge is 0.492 e. The van der Waals surface area contributed by atoms with E-state index < -0.39 is 0 Å². The smallest absolute Gasteiger partial charge is 0.122 e. The summed E-state index contributed by atoms with van der Waals surface area (Å²) >= 11 is 0. The minimum absolute atomic E-state index is 0.748. The van der Waals surface area contributed by atoms with Gasteiger partial charge in [0.25, 0.3) is 0 Å². The van der Waals surface area contributed by atoms with E-state index in [9.17, 15) is 0 Å². The number of benzene rings is 1. The molecule has 0 saturated carbocycles. The molecule has 0 amide bonds. The Morgan fingerprint density at radius 2 is 1.89 bits per heavy atom. The quantitative estimate of drug-likeness (QED) is 0.671. The Kier molecular flexibility index (Phi) is 7.51. The number of hydrogen-bond donors (Lipinski definition) is 1. The molecule has 0 spiro atoms. The van der Waals surface area contributed by atoms with Gasteiger partial charge in [-0.1, -0.05) is 38.3 Å². The summed E-state index contributed by atoms with van der Waals surface area (Å²) in [5.74, 6) is 1.02. The van der Waals surface area contributed by atoms with Crippen molar-refractivity contribution in [3.63, 3.8) is 0 Å². The van der Waals surface area contributed by atoms with E-state index in [0.29, 0.717) is 0 Å². The lowest BCUT2D eigenvalue weighted by atomic mass is 10.1. The highest BCUT2D eigenvalue weighted by Gasteiger charge is 2.00. The van der Waals surface area contributed by atoms with Crippen molar-refractivity contribution in [3.05, 3.63) is 29.3 Å². The summed E-state index contributed by atoms with van der Waals surface area (Å²) in [4.78, 5) is 0. The molecule has 0 fully saturated rings. The van der Waals surface area contributed by atoms with Gasteiger partial charge in [-0.3, -0.25) is 0 Å². The predicted octanol–water partition coefficient (Wildman–Crippen LogP) is 3.85. The molecule has 0 aliphatic rings. The Bertz CT molecular complexity index is 336. The molecule has 0 atom stereocenters. The van der Waals surface area contributed by atoms with Gasteiger partial charge in [-0.05, 0) is 44.0 Å². The molecule has 2 heteroatoms. The molecule has 2 nitrogen and oxygen atoms in total. The number of hydrogen-bond acceptors (Lipinski definition) is 2. The van der Waals surface area contributed by atoms with Crippen LogP contribution in [0.5, 0.6) is 5.75 Å². The van der Waals surface area contributed by atoms with Crippen LogP contribution in [0.2, 0.25) is 0 Å². The fourth-order valence-corrected chi connectivity index (χ4v) is 1.92. The van der Waals surface area contributed by atoms with E-state index in [1.165, 1.54) is 36.8 Å². The minimum atomic E-state index is 0.748. The van der Waals surface area contributed by atoms with Gasteiger partial charge in [0.15, 0.2) is 0 Å². The maximum Gasteiger partial charge on any atom is 0.122 e. The molecule has 0 aliphatic carbocycles. The SMILES string of the molecule is CCCCCCNCCOc1cccc(C)c1C. The van der Waals surface area contributed by atoms with Gasteiger partial charge in [0.2, 0.25) is 0 Å². The Morgan fingerprint density at radius 3 is 2.67 bits per heavy atom. The lowest BCUT2D eigenvalue weighted by molar-refractivity contribution is 0.311. The second-order valence-electron chi connectivity index (χ2n) is 4.86. The van der Waals surface area contributed by atoms with Crippen molar-refractivity contribution in [3.8, 4) is 5.75 Å². The predicted molar refractivity (Wildman–Crippen MR) is 78.4 cm³/mol. The van der Waals surface area contributed by atoms with E-state index in [0.717, 1.165) is 25.4 Å². The van der Waals surface area contributed by atoms with Crippen molar-refractivity contribution in [1.82, 2.24) is 5.32 Å². The summed E-state index contributed by atoms with van der Waals surface area (Å²) in [7, 11) is 0.